The summed E-state index contributed by atoms with van der Waals surface area (Å²) in [5, 5.41) is 0. The van der Waals surface area contributed by atoms with E-state index < -0.39 is 6.03 Å². The number of hydrogen-bond donors (Lipinski definition) is 0. The lowest BCUT2D eigenvalue weighted by atomic mass is 10.0. The maximum atomic E-state index is 12.0. The lowest BCUT2D eigenvalue weighted by molar-refractivity contribution is -0.120. The summed E-state index contributed by atoms with van der Waals surface area (Å²) in [5.74, 6) is 0.446. The van der Waals surface area contributed by atoms with Crippen LogP contribution in [0.4, 0.5) is 4.79 Å². The van der Waals surface area contributed by atoms with E-state index in [1.807, 2.05) is 25.1 Å². The van der Waals surface area contributed by atoms with Gasteiger partial charge in [0.15, 0.2) is 0 Å². The predicted octanol–water partition coefficient (Wildman–Crippen LogP) is 2.14. The molecule has 1 aromatic carbocycles. The molecule has 1 aliphatic heterocycles. The number of ether oxygens (including phenoxy) is 1. The summed E-state index contributed by atoms with van der Waals surface area (Å²) in [6.07, 6.45) is 1.84. The number of imide groups is 1. The van der Waals surface area contributed by atoms with E-state index in [2.05, 4.69) is 11.6 Å². The minimum absolute atomic E-state index is 0.187. The van der Waals surface area contributed by atoms with Crippen molar-refractivity contribution < 1.29 is 14.3 Å². The highest BCUT2D eigenvalue weighted by Crippen LogP contribution is 2.20. The number of amides is 3. The average molecular weight is 272 g/mol. The largest absolute Gasteiger partial charge is 0.496 e. The predicted molar refractivity (Wildman–Crippen MR) is 76.2 cm³/mol. The number of hydrogen-bond acceptors (Lipinski definition) is 3. The fourth-order valence-corrected chi connectivity index (χ4v) is 2.12. The van der Waals surface area contributed by atoms with Crippen molar-refractivity contribution in [1.29, 1.82) is 0 Å². The molecule has 3 amide bonds. The number of aliphatic imine (C=N–C) groups is 1. The van der Waals surface area contributed by atoms with Crippen molar-refractivity contribution in [2.75, 3.05) is 13.7 Å². The molecule has 0 aromatic heterocycles. The molecule has 104 valence electrons. The van der Waals surface area contributed by atoms with Crippen LogP contribution in [0.25, 0.3) is 0 Å². The van der Waals surface area contributed by atoms with Gasteiger partial charge in [-0.1, -0.05) is 18.2 Å². The lowest BCUT2D eigenvalue weighted by Crippen LogP contribution is -2.33. The maximum Gasteiger partial charge on any atom is 0.351 e. The zero-order chi connectivity index (χ0) is 14.7. The Bertz CT molecular complexity index is 605. The van der Waals surface area contributed by atoms with Crippen LogP contribution in [0, 0.1) is 6.92 Å². The molecule has 0 fully saturated rings. The van der Waals surface area contributed by atoms with E-state index in [0.29, 0.717) is 6.42 Å². The van der Waals surface area contributed by atoms with Gasteiger partial charge in [0.2, 0.25) is 0 Å². The van der Waals surface area contributed by atoms with Gasteiger partial charge in [0, 0.05) is 13.0 Å². The Morgan fingerprint density at radius 2 is 2.15 bits per heavy atom. The lowest BCUT2D eigenvalue weighted by Gasteiger charge is -2.10. The number of carbonyl (C=O) groups excluding carboxylic acids is 2. The van der Waals surface area contributed by atoms with E-state index >= 15 is 0 Å². The van der Waals surface area contributed by atoms with Crippen LogP contribution >= 0.6 is 0 Å². The number of aryl methyl sites for hydroxylation is 1. The van der Waals surface area contributed by atoms with Gasteiger partial charge in [0.25, 0.3) is 5.91 Å². The summed E-state index contributed by atoms with van der Waals surface area (Å²) >= 11 is 0. The van der Waals surface area contributed by atoms with E-state index in [-0.39, 0.29) is 18.2 Å². The average Bonchev–Trinajstić information content (AvgIpc) is 2.67. The van der Waals surface area contributed by atoms with Crippen LogP contribution in [0.3, 0.4) is 0 Å². The quantitative estimate of drug-likeness (QED) is 0.771. The summed E-state index contributed by atoms with van der Waals surface area (Å²) in [7, 11) is 1.61. The Kier molecular flexibility index (Phi) is 3.98. The van der Waals surface area contributed by atoms with Crippen molar-refractivity contribution in [3.8, 4) is 5.75 Å². The molecule has 0 radical (unpaired) electrons. The Morgan fingerprint density at radius 3 is 2.75 bits per heavy atom. The van der Waals surface area contributed by atoms with Gasteiger partial charge in [-0.3, -0.25) is 9.69 Å². The van der Waals surface area contributed by atoms with Gasteiger partial charge in [-0.2, -0.15) is 4.99 Å². The maximum absolute atomic E-state index is 12.0. The first-order valence-electron chi connectivity index (χ1n) is 6.24. The third-order valence-corrected chi connectivity index (χ3v) is 3.10. The number of urea groups is 1. The molecule has 0 bridgehead atoms. The highest BCUT2D eigenvalue weighted by molar-refractivity contribution is 6.46. The molecule has 0 saturated carbocycles. The summed E-state index contributed by atoms with van der Waals surface area (Å²) in [6, 6.07) is 5.11. The molecular formula is C15H16N2O3. The zero-order valence-electron chi connectivity index (χ0n) is 11.5. The van der Waals surface area contributed by atoms with E-state index in [1.54, 1.807) is 7.11 Å². The SMILES string of the molecule is C=CCN1C(=O)N=C(Cc2ccc(OC)c(C)c2)C1=O. The van der Waals surface area contributed by atoms with Crippen LogP contribution in [0.5, 0.6) is 5.75 Å². The molecule has 5 heteroatoms. The van der Waals surface area contributed by atoms with Crippen LogP contribution in [-0.2, 0) is 11.2 Å². The van der Waals surface area contributed by atoms with Gasteiger partial charge in [-0.05, 0) is 24.1 Å². The minimum Gasteiger partial charge on any atom is -0.496 e. The standard InChI is InChI=1S/C15H16N2O3/c1-4-7-17-14(18)12(16-15(17)19)9-11-5-6-13(20-3)10(2)8-11/h4-6,8H,1,7,9H2,2-3H3. The molecule has 0 aliphatic carbocycles. The van der Waals surface area contributed by atoms with Crippen LogP contribution in [0.2, 0.25) is 0 Å². The fraction of sp³-hybridized carbons (Fsp3) is 0.267. The Balaban J connectivity index is 2.17. The molecule has 1 aromatic rings. The molecular weight excluding hydrogens is 256 g/mol. The molecule has 2 rings (SSSR count). The van der Waals surface area contributed by atoms with Gasteiger partial charge < -0.3 is 4.74 Å². The highest BCUT2D eigenvalue weighted by atomic mass is 16.5. The first kappa shape index (κ1) is 14.0. The molecule has 0 N–H and O–H groups in total. The van der Waals surface area contributed by atoms with Crippen molar-refractivity contribution in [2.24, 2.45) is 4.99 Å². The van der Waals surface area contributed by atoms with Gasteiger partial charge >= 0.3 is 6.03 Å². The molecule has 0 unspecified atom stereocenters. The van der Waals surface area contributed by atoms with Crippen molar-refractivity contribution in [2.45, 2.75) is 13.3 Å². The number of nitrogens with zero attached hydrogens (tertiary/aromatic N) is 2. The van der Waals surface area contributed by atoms with Crippen LogP contribution in [0.15, 0.2) is 35.8 Å². The third kappa shape index (κ3) is 2.61. The van der Waals surface area contributed by atoms with Crippen LogP contribution < -0.4 is 4.74 Å². The number of carbonyl (C=O) groups is 2. The fourth-order valence-electron chi connectivity index (χ4n) is 2.12. The van der Waals surface area contributed by atoms with Crippen molar-refractivity contribution in [3.05, 3.63) is 42.0 Å². The first-order chi connectivity index (χ1) is 9.56. The Morgan fingerprint density at radius 1 is 1.40 bits per heavy atom. The molecule has 20 heavy (non-hydrogen) atoms. The molecule has 0 spiro atoms. The van der Waals surface area contributed by atoms with E-state index in [0.717, 1.165) is 21.8 Å². The Hall–Kier alpha value is -2.43. The van der Waals surface area contributed by atoms with Crippen LogP contribution in [0.1, 0.15) is 11.1 Å². The summed E-state index contributed by atoms with van der Waals surface area (Å²) < 4.78 is 5.19. The summed E-state index contributed by atoms with van der Waals surface area (Å²) in [5.41, 5.74) is 2.16. The molecule has 0 saturated heterocycles. The second kappa shape index (κ2) is 5.69. The number of rotatable bonds is 5. The summed E-state index contributed by atoms with van der Waals surface area (Å²) in [6.45, 7) is 5.64. The first-order valence-corrected chi connectivity index (χ1v) is 6.24. The van der Waals surface area contributed by atoms with Gasteiger partial charge in [0.05, 0.1) is 7.11 Å². The normalized spacial score (nSPS) is 14.5. The van der Waals surface area contributed by atoms with Gasteiger partial charge in [-0.25, -0.2) is 4.79 Å². The van der Waals surface area contributed by atoms with Gasteiger partial charge in [0.1, 0.15) is 11.5 Å². The van der Waals surface area contributed by atoms with E-state index in [9.17, 15) is 9.59 Å². The zero-order valence-corrected chi connectivity index (χ0v) is 11.5. The number of benzene rings is 1. The molecule has 1 aliphatic rings. The summed E-state index contributed by atoms with van der Waals surface area (Å²) in [4.78, 5) is 28.5. The third-order valence-electron chi connectivity index (χ3n) is 3.10. The molecule has 1 heterocycles. The van der Waals surface area contributed by atoms with Crippen molar-refractivity contribution in [1.82, 2.24) is 4.90 Å². The second-order valence-electron chi connectivity index (χ2n) is 4.53. The smallest absolute Gasteiger partial charge is 0.351 e. The van der Waals surface area contributed by atoms with E-state index in [4.69, 9.17) is 4.74 Å². The minimum atomic E-state index is -0.518. The van der Waals surface area contributed by atoms with Crippen LogP contribution in [-0.4, -0.2) is 36.2 Å². The number of methoxy groups -OCH3 is 1. The molecule has 5 nitrogen and oxygen atoms in total. The van der Waals surface area contributed by atoms with E-state index in [1.165, 1.54) is 6.08 Å². The van der Waals surface area contributed by atoms with Crippen molar-refractivity contribution in [3.63, 3.8) is 0 Å². The Labute approximate surface area is 117 Å². The molecule has 0 atom stereocenters. The second-order valence-corrected chi connectivity index (χ2v) is 4.53. The van der Waals surface area contributed by atoms with Crippen molar-refractivity contribution >= 4 is 17.6 Å². The monoisotopic (exact) mass is 272 g/mol. The van der Waals surface area contributed by atoms with Gasteiger partial charge in [-0.15, -0.1) is 6.58 Å². The highest BCUT2D eigenvalue weighted by Gasteiger charge is 2.31. The topological polar surface area (TPSA) is 59.0 Å².